The molecule has 5 heteroatoms. The van der Waals surface area contributed by atoms with Gasteiger partial charge in [0.2, 0.25) is 0 Å². The van der Waals surface area contributed by atoms with Gasteiger partial charge in [0.05, 0.1) is 0 Å². The normalized spacial score (nSPS) is 10.9. The third-order valence-electron chi connectivity index (χ3n) is 5.73. The molecule has 2 aromatic heterocycles. The molecule has 0 amide bonds. The summed E-state index contributed by atoms with van der Waals surface area (Å²) in [6, 6.07) is 34.1. The molecule has 6 rings (SSSR count). The van der Waals surface area contributed by atoms with E-state index in [0.717, 1.165) is 43.6 Å². The summed E-state index contributed by atoms with van der Waals surface area (Å²) in [5.74, 6) is 0. The van der Waals surface area contributed by atoms with Gasteiger partial charge in [0.25, 0.3) is 0 Å². The average Bonchev–Trinajstić information content (AvgIpc) is 3.65. The monoisotopic (exact) mass is 487 g/mol. The van der Waals surface area contributed by atoms with E-state index in [9.17, 15) is 0 Å². The van der Waals surface area contributed by atoms with Crippen molar-refractivity contribution in [3.05, 3.63) is 120 Å². The maximum Gasteiger partial charge on any atom is 0.123 e. The first-order valence-electron chi connectivity index (χ1n) is 11.3. The lowest BCUT2D eigenvalue weighted by Gasteiger charge is -2.14. The Bertz CT molecular complexity index is 1420. The van der Waals surface area contributed by atoms with E-state index < -0.39 is 0 Å². The molecule has 0 bridgehead atoms. The Balaban J connectivity index is 1.45. The van der Waals surface area contributed by atoms with E-state index in [0.29, 0.717) is 0 Å². The minimum atomic E-state index is 1.01. The molecule has 0 aliphatic rings. The molecule has 0 spiro atoms. The fraction of sp³-hybridized carbons (Fsp3) is 0. The predicted molar refractivity (Wildman–Crippen MR) is 149 cm³/mol. The third kappa shape index (κ3) is 4.78. The molecule has 4 aromatic carbocycles. The van der Waals surface area contributed by atoms with Crippen molar-refractivity contribution in [1.29, 1.82) is 0 Å². The molecule has 0 saturated heterocycles. The fourth-order valence-electron chi connectivity index (χ4n) is 4.14. The topological polar surface area (TPSA) is 37.8 Å². The van der Waals surface area contributed by atoms with Crippen LogP contribution in [0.4, 0.5) is 11.4 Å². The SMILES string of the molecule is c1ccc(-c2cc(Nc3cc(-c4ccccc4)cc(-c4nccs4)c3)cc(-c3nccs3)c2)cc1. The van der Waals surface area contributed by atoms with Crippen LogP contribution in [0.25, 0.3) is 43.4 Å². The number of benzene rings is 4. The van der Waals surface area contributed by atoms with Gasteiger partial charge in [0, 0.05) is 45.7 Å². The summed E-state index contributed by atoms with van der Waals surface area (Å²) in [5, 5.41) is 9.73. The zero-order chi connectivity index (χ0) is 23.5. The quantitative estimate of drug-likeness (QED) is 0.255. The zero-order valence-electron chi connectivity index (χ0n) is 18.8. The van der Waals surface area contributed by atoms with Gasteiger partial charge in [-0.3, -0.25) is 0 Å². The van der Waals surface area contributed by atoms with Crippen LogP contribution in [0.2, 0.25) is 0 Å². The second-order valence-electron chi connectivity index (χ2n) is 8.13. The second-order valence-corrected chi connectivity index (χ2v) is 9.92. The molecular weight excluding hydrogens is 466 g/mol. The summed E-state index contributed by atoms with van der Waals surface area (Å²) < 4.78 is 0. The molecule has 0 fully saturated rings. The van der Waals surface area contributed by atoms with Crippen LogP contribution in [-0.4, -0.2) is 9.97 Å². The molecule has 3 nitrogen and oxygen atoms in total. The second kappa shape index (κ2) is 9.66. The van der Waals surface area contributed by atoms with Crippen molar-refractivity contribution >= 4 is 34.0 Å². The minimum absolute atomic E-state index is 1.01. The van der Waals surface area contributed by atoms with Gasteiger partial charge in [0.15, 0.2) is 0 Å². The first-order chi connectivity index (χ1) is 17.3. The molecule has 6 aromatic rings. The molecule has 2 heterocycles. The highest BCUT2D eigenvalue weighted by Gasteiger charge is 2.11. The molecule has 0 radical (unpaired) electrons. The Morgan fingerprint density at radius 1 is 0.457 bits per heavy atom. The van der Waals surface area contributed by atoms with E-state index in [1.165, 1.54) is 11.1 Å². The average molecular weight is 488 g/mol. The molecule has 0 unspecified atom stereocenters. The van der Waals surface area contributed by atoms with E-state index in [1.807, 2.05) is 35.3 Å². The van der Waals surface area contributed by atoms with Crippen LogP contribution >= 0.6 is 22.7 Å². The Hall–Kier alpha value is -4.06. The van der Waals surface area contributed by atoms with Crippen molar-refractivity contribution in [3.63, 3.8) is 0 Å². The Morgan fingerprint density at radius 2 is 0.886 bits per heavy atom. The van der Waals surface area contributed by atoms with Gasteiger partial charge in [-0.2, -0.15) is 0 Å². The third-order valence-corrected chi connectivity index (χ3v) is 7.37. The van der Waals surface area contributed by atoms with Crippen LogP contribution in [-0.2, 0) is 0 Å². The largest absolute Gasteiger partial charge is 0.355 e. The van der Waals surface area contributed by atoms with Crippen molar-refractivity contribution in [2.24, 2.45) is 0 Å². The molecule has 168 valence electrons. The minimum Gasteiger partial charge on any atom is -0.355 e. The summed E-state index contributed by atoms with van der Waals surface area (Å²) in [6.45, 7) is 0. The highest BCUT2D eigenvalue weighted by molar-refractivity contribution is 7.13. The van der Waals surface area contributed by atoms with Crippen molar-refractivity contribution < 1.29 is 0 Å². The van der Waals surface area contributed by atoms with Gasteiger partial charge < -0.3 is 5.32 Å². The van der Waals surface area contributed by atoms with Crippen molar-refractivity contribution in [1.82, 2.24) is 9.97 Å². The van der Waals surface area contributed by atoms with Crippen LogP contribution < -0.4 is 5.32 Å². The molecule has 1 N–H and O–H groups in total. The molecular formula is C30H21N3S2. The highest BCUT2D eigenvalue weighted by Crippen LogP contribution is 2.35. The van der Waals surface area contributed by atoms with E-state index in [1.54, 1.807) is 22.7 Å². The summed E-state index contributed by atoms with van der Waals surface area (Å²) >= 11 is 3.30. The number of aromatic nitrogens is 2. The van der Waals surface area contributed by atoms with Crippen molar-refractivity contribution in [2.45, 2.75) is 0 Å². The van der Waals surface area contributed by atoms with Crippen LogP contribution in [0.3, 0.4) is 0 Å². The first-order valence-corrected chi connectivity index (χ1v) is 13.1. The molecule has 0 aliphatic heterocycles. The van der Waals surface area contributed by atoms with Gasteiger partial charge >= 0.3 is 0 Å². The lowest BCUT2D eigenvalue weighted by molar-refractivity contribution is 1.40. The van der Waals surface area contributed by atoms with E-state index in [4.69, 9.17) is 0 Å². The van der Waals surface area contributed by atoms with Gasteiger partial charge in [-0.25, -0.2) is 9.97 Å². The summed E-state index contributed by atoms with van der Waals surface area (Å²) in [4.78, 5) is 9.11. The highest BCUT2D eigenvalue weighted by atomic mass is 32.1. The first kappa shape index (κ1) is 21.5. The van der Waals surface area contributed by atoms with Gasteiger partial charge in [-0.15, -0.1) is 22.7 Å². The van der Waals surface area contributed by atoms with Crippen molar-refractivity contribution in [3.8, 4) is 43.4 Å². The molecule has 0 atom stereocenters. The van der Waals surface area contributed by atoms with E-state index in [-0.39, 0.29) is 0 Å². The van der Waals surface area contributed by atoms with Gasteiger partial charge in [0.1, 0.15) is 10.0 Å². The number of hydrogen-bond donors (Lipinski definition) is 1. The number of anilines is 2. The maximum atomic E-state index is 4.55. The smallest absolute Gasteiger partial charge is 0.123 e. The van der Waals surface area contributed by atoms with Crippen LogP contribution in [0, 0.1) is 0 Å². The van der Waals surface area contributed by atoms with Gasteiger partial charge in [-0.05, 0) is 58.7 Å². The standard InChI is InChI=1S/C30H21N3S2/c1-3-7-21(8-4-1)23-15-25(29-31-11-13-34-29)19-27(17-23)33-28-18-24(22-9-5-2-6-10-22)16-26(20-28)30-32-12-14-35-30/h1-20,33H. The number of nitrogens with zero attached hydrogens (tertiary/aromatic N) is 2. The number of rotatable bonds is 6. The molecule has 35 heavy (non-hydrogen) atoms. The predicted octanol–water partition coefficient (Wildman–Crippen LogP) is 9.01. The summed E-state index contributed by atoms with van der Waals surface area (Å²) in [6.07, 6.45) is 3.71. The lowest BCUT2D eigenvalue weighted by atomic mass is 10.0. The fourth-order valence-corrected chi connectivity index (χ4v) is 5.39. The van der Waals surface area contributed by atoms with Crippen LogP contribution in [0.15, 0.2) is 120 Å². The van der Waals surface area contributed by atoms with Crippen molar-refractivity contribution in [2.75, 3.05) is 5.32 Å². The zero-order valence-corrected chi connectivity index (χ0v) is 20.4. The molecule has 0 saturated carbocycles. The Kier molecular flexibility index (Phi) is 5.93. The number of thiazole rings is 2. The number of nitrogens with one attached hydrogen (secondary N) is 1. The summed E-state index contributed by atoms with van der Waals surface area (Å²) in [7, 11) is 0. The number of hydrogen-bond acceptors (Lipinski definition) is 5. The molecule has 0 aliphatic carbocycles. The lowest BCUT2D eigenvalue weighted by Crippen LogP contribution is -1.94. The van der Waals surface area contributed by atoms with Gasteiger partial charge in [-0.1, -0.05) is 60.7 Å². The Morgan fingerprint density at radius 3 is 1.29 bits per heavy atom. The van der Waals surface area contributed by atoms with Crippen LogP contribution in [0.5, 0.6) is 0 Å². The Labute approximate surface area is 212 Å². The van der Waals surface area contributed by atoms with E-state index >= 15 is 0 Å². The summed E-state index contributed by atoms with van der Waals surface area (Å²) in [5.41, 5.74) is 8.90. The maximum absolute atomic E-state index is 4.55. The van der Waals surface area contributed by atoms with E-state index in [2.05, 4.69) is 100 Å². The van der Waals surface area contributed by atoms with Crippen LogP contribution in [0.1, 0.15) is 0 Å².